The Morgan fingerprint density at radius 1 is 1.05 bits per heavy atom. The highest BCUT2D eigenvalue weighted by Crippen LogP contribution is 2.24. The van der Waals surface area contributed by atoms with Gasteiger partial charge < -0.3 is 5.32 Å². The lowest BCUT2D eigenvalue weighted by Crippen LogP contribution is -2.08. The van der Waals surface area contributed by atoms with Gasteiger partial charge in [0.1, 0.15) is 12.1 Å². The van der Waals surface area contributed by atoms with Crippen molar-refractivity contribution in [2.75, 3.05) is 5.32 Å². The zero-order valence-corrected chi connectivity index (χ0v) is 11.8. The van der Waals surface area contributed by atoms with Crippen LogP contribution in [-0.2, 0) is 0 Å². The predicted molar refractivity (Wildman–Crippen MR) is 83.0 cm³/mol. The summed E-state index contributed by atoms with van der Waals surface area (Å²) in [5.41, 5.74) is 2.06. The quantitative estimate of drug-likeness (QED) is 0.771. The summed E-state index contributed by atoms with van der Waals surface area (Å²) in [6.07, 6.45) is 1.58. The predicted octanol–water partition coefficient (Wildman–Crippen LogP) is 4.46. The summed E-state index contributed by atoms with van der Waals surface area (Å²) in [4.78, 5) is 8.60. The summed E-state index contributed by atoms with van der Waals surface area (Å²) in [5.74, 6) is 0.836. The van der Waals surface area contributed by atoms with Crippen LogP contribution >= 0.6 is 11.6 Å². The molecule has 4 heteroatoms. The molecule has 0 radical (unpaired) electrons. The molecule has 0 saturated carbocycles. The second kappa shape index (κ2) is 5.47. The van der Waals surface area contributed by atoms with Gasteiger partial charge in [0.15, 0.2) is 0 Å². The summed E-state index contributed by atoms with van der Waals surface area (Å²) in [5, 5.41) is 5.18. The molecule has 1 aromatic heterocycles. The maximum atomic E-state index is 6.03. The van der Waals surface area contributed by atoms with Gasteiger partial charge in [0.25, 0.3) is 0 Å². The molecular formula is C16H14ClN3. The van der Waals surface area contributed by atoms with Crippen LogP contribution in [0.25, 0.3) is 10.9 Å². The SMILES string of the molecule is CC(Nc1ncnc2ccccc12)c1cccc(Cl)c1. The Hall–Kier alpha value is -2.13. The van der Waals surface area contributed by atoms with E-state index in [1.54, 1.807) is 6.33 Å². The molecule has 2 aromatic carbocycles. The highest BCUT2D eigenvalue weighted by molar-refractivity contribution is 6.30. The number of nitrogens with zero attached hydrogens (tertiary/aromatic N) is 2. The van der Waals surface area contributed by atoms with Crippen molar-refractivity contribution >= 4 is 28.3 Å². The normalized spacial score (nSPS) is 12.3. The van der Waals surface area contributed by atoms with Crippen molar-refractivity contribution in [1.82, 2.24) is 9.97 Å². The molecule has 3 nitrogen and oxygen atoms in total. The Balaban J connectivity index is 1.93. The van der Waals surface area contributed by atoms with E-state index < -0.39 is 0 Å². The van der Waals surface area contributed by atoms with Crippen LogP contribution in [0.5, 0.6) is 0 Å². The number of para-hydroxylation sites is 1. The van der Waals surface area contributed by atoms with Gasteiger partial charge in [-0.2, -0.15) is 0 Å². The molecule has 3 aromatic rings. The van der Waals surface area contributed by atoms with Gasteiger partial charge in [0.05, 0.1) is 11.6 Å². The van der Waals surface area contributed by atoms with E-state index in [1.165, 1.54) is 0 Å². The first kappa shape index (κ1) is 12.9. The van der Waals surface area contributed by atoms with Crippen molar-refractivity contribution in [3.05, 3.63) is 65.4 Å². The number of halogens is 1. The van der Waals surface area contributed by atoms with E-state index in [0.29, 0.717) is 0 Å². The van der Waals surface area contributed by atoms with E-state index in [-0.39, 0.29) is 6.04 Å². The minimum absolute atomic E-state index is 0.118. The molecule has 3 rings (SSSR count). The molecule has 1 unspecified atom stereocenters. The number of nitrogens with one attached hydrogen (secondary N) is 1. The Bertz CT molecular complexity index is 737. The lowest BCUT2D eigenvalue weighted by Gasteiger charge is -2.16. The van der Waals surface area contributed by atoms with Crippen LogP contribution in [0.4, 0.5) is 5.82 Å². The Kier molecular flexibility index (Phi) is 3.52. The minimum Gasteiger partial charge on any atom is -0.363 e. The molecule has 0 bridgehead atoms. The lowest BCUT2D eigenvalue weighted by atomic mass is 10.1. The lowest BCUT2D eigenvalue weighted by molar-refractivity contribution is 0.876. The third-order valence-electron chi connectivity index (χ3n) is 3.24. The fourth-order valence-electron chi connectivity index (χ4n) is 2.18. The first-order valence-electron chi connectivity index (χ1n) is 6.46. The summed E-state index contributed by atoms with van der Waals surface area (Å²) in [6.45, 7) is 2.09. The summed E-state index contributed by atoms with van der Waals surface area (Å²) in [7, 11) is 0. The van der Waals surface area contributed by atoms with Gasteiger partial charge in [-0.15, -0.1) is 0 Å². The van der Waals surface area contributed by atoms with Crippen molar-refractivity contribution in [2.24, 2.45) is 0 Å². The molecule has 100 valence electrons. The van der Waals surface area contributed by atoms with Gasteiger partial charge in [-0.05, 0) is 36.8 Å². The molecule has 1 heterocycles. The fraction of sp³-hybridized carbons (Fsp3) is 0.125. The molecule has 0 aliphatic heterocycles. The number of benzene rings is 2. The van der Waals surface area contributed by atoms with Gasteiger partial charge in [-0.1, -0.05) is 35.9 Å². The average molecular weight is 284 g/mol. The van der Waals surface area contributed by atoms with Gasteiger partial charge in [0.2, 0.25) is 0 Å². The second-order valence-electron chi connectivity index (χ2n) is 4.66. The molecule has 0 saturated heterocycles. The fourth-order valence-corrected chi connectivity index (χ4v) is 2.38. The van der Waals surface area contributed by atoms with Gasteiger partial charge in [0, 0.05) is 10.4 Å². The van der Waals surface area contributed by atoms with Crippen LogP contribution in [0.1, 0.15) is 18.5 Å². The van der Waals surface area contributed by atoms with E-state index in [4.69, 9.17) is 11.6 Å². The molecular weight excluding hydrogens is 270 g/mol. The largest absolute Gasteiger partial charge is 0.363 e. The van der Waals surface area contributed by atoms with Gasteiger partial charge >= 0.3 is 0 Å². The van der Waals surface area contributed by atoms with E-state index in [1.807, 2.05) is 48.5 Å². The molecule has 0 spiro atoms. The minimum atomic E-state index is 0.118. The zero-order valence-electron chi connectivity index (χ0n) is 11.0. The highest BCUT2D eigenvalue weighted by Gasteiger charge is 2.09. The van der Waals surface area contributed by atoms with Crippen LogP contribution in [0.15, 0.2) is 54.9 Å². The number of anilines is 1. The van der Waals surface area contributed by atoms with E-state index >= 15 is 0 Å². The third kappa shape index (κ3) is 2.58. The number of hydrogen-bond acceptors (Lipinski definition) is 3. The summed E-state index contributed by atoms with van der Waals surface area (Å²) < 4.78 is 0. The van der Waals surface area contributed by atoms with E-state index in [0.717, 1.165) is 27.3 Å². The zero-order chi connectivity index (χ0) is 13.9. The smallest absolute Gasteiger partial charge is 0.137 e. The number of fused-ring (bicyclic) bond motifs is 1. The molecule has 0 amide bonds. The first-order valence-corrected chi connectivity index (χ1v) is 6.83. The summed E-state index contributed by atoms with van der Waals surface area (Å²) >= 11 is 6.03. The molecule has 1 N–H and O–H groups in total. The molecule has 0 aliphatic rings. The van der Waals surface area contributed by atoms with Crippen LogP contribution < -0.4 is 5.32 Å². The molecule has 0 aliphatic carbocycles. The monoisotopic (exact) mass is 283 g/mol. The Labute approximate surface area is 122 Å². The topological polar surface area (TPSA) is 37.8 Å². The van der Waals surface area contributed by atoms with Crippen molar-refractivity contribution < 1.29 is 0 Å². The average Bonchev–Trinajstić information content (AvgIpc) is 2.47. The second-order valence-corrected chi connectivity index (χ2v) is 5.10. The first-order chi connectivity index (χ1) is 9.74. The van der Waals surface area contributed by atoms with Crippen molar-refractivity contribution in [1.29, 1.82) is 0 Å². The molecule has 0 fully saturated rings. The maximum absolute atomic E-state index is 6.03. The van der Waals surface area contributed by atoms with Crippen LogP contribution in [-0.4, -0.2) is 9.97 Å². The van der Waals surface area contributed by atoms with Crippen molar-refractivity contribution in [3.8, 4) is 0 Å². The Morgan fingerprint density at radius 3 is 2.75 bits per heavy atom. The van der Waals surface area contributed by atoms with Crippen molar-refractivity contribution in [2.45, 2.75) is 13.0 Å². The summed E-state index contributed by atoms with van der Waals surface area (Å²) in [6, 6.07) is 15.9. The maximum Gasteiger partial charge on any atom is 0.137 e. The number of hydrogen-bond donors (Lipinski definition) is 1. The molecule has 1 atom stereocenters. The standard InChI is InChI=1S/C16H14ClN3/c1-11(12-5-4-6-13(17)9-12)20-16-14-7-2-3-8-15(14)18-10-19-16/h2-11H,1H3,(H,18,19,20). The van der Waals surface area contributed by atoms with Crippen LogP contribution in [0.3, 0.4) is 0 Å². The Morgan fingerprint density at radius 2 is 1.90 bits per heavy atom. The number of rotatable bonds is 3. The molecule has 20 heavy (non-hydrogen) atoms. The van der Waals surface area contributed by atoms with E-state index in [2.05, 4.69) is 22.2 Å². The van der Waals surface area contributed by atoms with Crippen molar-refractivity contribution in [3.63, 3.8) is 0 Å². The highest BCUT2D eigenvalue weighted by atomic mass is 35.5. The van der Waals surface area contributed by atoms with E-state index in [9.17, 15) is 0 Å². The van der Waals surface area contributed by atoms with Gasteiger partial charge in [-0.25, -0.2) is 9.97 Å². The van der Waals surface area contributed by atoms with Crippen LogP contribution in [0.2, 0.25) is 5.02 Å². The van der Waals surface area contributed by atoms with Gasteiger partial charge in [-0.3, -0.25) is 0 Å². The van der Waals surface area contributed by atoms with Crippen LogP contribution in [0, 0.1) is 0 Å². The number of aromatic nitrogens is 2. The third-order valence-corrected chi connectivity index (χ3v) is 3.48.